The summed E-state index contributed by atoms with van der Waals surface area (Å²) in [6, 6.07) is 0.715. The summed E-state index contributed by atoms with van der Waals surface area (Å²) in [5.74, 6) is 0.645. The van der Waals surface area contributed by atoms with E-state index in [-0.39, 0.29) is 39.7 Å². The number of aromatic nitrogens is 7. The molecule has 5 aromatic rings. The summed E-state index contributed by atoms with van der Waals surface area (Å²) in [4.78, 5) is 25.3. The number of fused-ring (bicyclic) bond motifs is 2. The Morgan fingerprint density at radius 1 is 1.15 bits per heavy atom. The van der Waals surface area contributed by atoms with Gasteiger partial charge in [0.05, 0.1) is 24.1 Å². The van der Waals surface area contributed by atoms with Gasteiger partial charge in [0.1, 0.15) is 22.3 Å². The molecule has 1 saturated carbocycles. The van der Waals surface area contributed by atoms with Crippen molar-refractivity contribution >= 4 is 39.9 Å². The van der Waals surface area contributed by atoms with Crippen LogP contribution in [0.25, 0.3) is 16.7 Å². The number of pyridine rings is 2. The Morgan fingerprint density at radius 3 is 2.65 bits per heavy atom. The molecule has 0 aliphatic heterocycles. The zero-order valence-corrected chi connectivity index (χ0v) is 21.6. The van der Waals surface area contributed by atoms with Gasteiger partial charge in [-0.15, -0.1) is 0 Å². The maximum Gasteiger partial charge on any atom is 0.417 e. The van der Waals surface area contributed by atoms with Crippen molar-refractivity contribution in [3.63, 3.8) is 0 Å². The summed E-state index contributed by atoms with van der Waals surface area (Å²) < 4.78 is 55.6. The van der Waals surface area contributed by atoms with Crippen LogP contribution in [0.15, 0.2) is 41.8 Å². The van der Waals surface area contributed by atoms with Gasteiger partial charge in [-0.3, -0.25) is 4.79 Å². The molecule has 2 N–H and O–H groups in total. The van der Waals surface area contributed by atoms with Crippen molar-refractivity contribution in [3.8, 4) is 17.4 Å². The second-order valence-corrected chi connectivity index (χ2v) is 9.60. The number of anilines is 2. The van der Waals surface area contributed by atoms with Gasteiger partial charge in [-0.2, -0.15) is 23.3 Å². The van der Waals surface area contributed by atoms with Crippen molar-refractivity contribution in [1.82, 2.24) is 33.7 Å². The number of nitrogens with one attached hydrogen (secondary N) is 1. The number of rotatable bonds is 6. The van der Waals surface area contributed by atoms with E-state index in [4.69, 9.17) is 21.1 Å². The van der Waals surface area contributed by atoms with E-state index in [0.717, 1.165) is 4.57 Å². The first-order chi connectivity index (χ1) is 19.0. The molecule has 6 rings (SSSR count). The molecular formula is C24H20ClF3N8O4. The largest absolute Gasteiger partial charge is 0.470 e. The minimum absolute atomic E-state index is 0.0351. The fourth-order valence-corrected chi connectivity index (χ4v) is 4.57. The van der Waals surface area contributed by atoms with Gasteiger partial charge in [0.25, 0.3) is 5.56 Å². The maximum atomic E-state index is 13.3. The summed E-state index contributed by atoms with van der Waals surface area (Å²) in [5.41, 5.74) is -1.14. The molecule has 1 fully saturated rings. The van der Waals surface area contributed by atoms with Crippen LogP contribution in [0.1, 0.15) is 18.4 Å². The molecule has 1 aliphatic carbocycles. The van der Waals surface area contributed by atoms with Crippen LogP contribution in [0.5, 0.6) is 17.4 Å². The molecule has 0 amide bonds. The van der Waals surface area contributed by atoms with Crippen molar-refractivity contribution in [2.24, 2.45) is 14.1 Å². The highest BCUT2D eigenvalue weighted by Gasteiger charge is 2.33. The number of hydrogen-bond donors (Lipinski definition) is 2. The Bertz CT molecular complexity index is 1830. The molecule has 2 unspecified atom stereocenters. The highest BCUT2D eigenvalue weighted by molar-refractivity contribution is 6.36. The number of aliphatic hydroxyl groups excluding tert-OH is 1. The fourth-order valence-electron chi connectivity index (χ4n) is 4.27. The van der Waals surface area contributed by atoms with E-state index < -0.39 is 29.5 Å². The number of imidazole rings is 1. The van der Waals surface area contributed by atoms with E-state index in [1.54, 1.807) is 13.2 Å². The molecule has 5 aromatic heterocycles. The third-order valence-electron chi connectivity index (χ3n) is 6.59. The zero-order chi connectivity index (χ0) is 28.3. The fraction of sp³-hybridized carbons (Fsp3) is 0.292. The topological polar surface area (TPSA) is 134 Å². The number of halogens is 4. The summed E-state index contributed by atoms with van der Waals surface area (Å²) in [6.07, 6.45) is 2.30. The Hall–Kier alpha value is -4.37. The number of hydrogen-bond acceptors (Lipinski definition) is 9. The van der Waals surface area contributed by atoms with Crippen molar-refractivity contribution in [2.45, 2.75) is 31.2 Å². The van der Waals surface area contributed by atoms with Crippen molar-refractivity contribution in [3.05, 3.63) is 58.0 Å². The lowest BCUT2D eigenvalue weighted by atomic mass is 9.92. The van der Waals surface area contributed by atoms with E-state index in [2.05, 4.69) is 25.4 Å². The summed E-state index contributed by atoms with van der Waals surface area (Å²) in [7, 11) is 2.78. The van der Waals surface area contributed by atoms with Gasteiger partial charge in [-0.25, -0.2) is 14.5 Å². The zero-order valence-electron chi connectivity index (χ0n) is 20.8. The molecule has 0 saturated heterocycles. The van der Waals surface area contributed by atoms with Crippen LogP contribution < -0.4 is 20.3 Å². The average Bonchev–Trinajstić information content (AvgIpc) is 3.46. The second kappa shape index (κ2) is 9.38. The summed E-state index contributed by atoms with van der Waals surface area (Å²) in [6.45, 7) is 0. The molecule has 1 aliphatic rings. The van der Waals surface area contributed by atoms with E-state index in [1.165, 1.54) is 34.7 Å². The minimum atomic E-state index is -4.65. The number of ether oxygens (including phenoxy) is 2. The molecule has 2 atom stereocenters. The van der Waals surface area contributed by atoms with Crippen LogP contribution in [0.3, 0.4) is 0 Å². The van der Waals surface area contributed by atoms with Crippen LogP contribution >= 0.6 is 11.6 Å². The lowest BCUT2D eigenvalue weighted by molar-refractivity contribution is -0.138. The predicted molar refractivity (Wildman–Crippen MR) is 136 cm³/mol. The Labute approximate surface area is 227 Å². The highest BCUT2D eigenvalue weighted by atomic mass is 35.5. The lowest BCUT2D eigenvalue weighted by Crippen LogP contribution is -2.41. The number of alkyl halides is 3. The van der Waals surface area contributed by atoms with Crippen LogP contribution in [-0.2, 0) is 20.3 Å². The number of aryl methyl sites for hydroxylation is 2. The summed E-state index contributed by atoms with van der Waals surface area (Å²) in [5, 5.41) is 16.9. The Kier molecular flexibility index (Phi) is 6.07. The minimum Gasteiger partial charge on any atom is -0.470 e. The van der Waals surface area contributed by atoms with Crippen LogP contribution in [0, 0.1) is 0 Å². The van der Waals surface area contributed by atoms with Crippen LogP contribution in [-0.4, -0.2) is 51.0 Å². The van der Waals surface area contributed by atoms with Gasteiger partial charge in [0, 0.05) is 32.7 Å². The number of aliphatic hydroxyl groups is 1. The van der Waals surface area contributed by atoms with Gasteiger partial charge in [0.2, 0.25) is 11.8 Å². The third-order valence-corrected chi connectivity index (χ3v) is 6.95. The molecule has 0 radical (unpaired) electrons. The normalized spacial score (nSPS) is 17.3. The van der Waals surface area contributed by atoms with E-state index in [0.29, 0.717) is 36.1 Å². The molecule has 208 valence electrons. The molecule has 5 heterocycles. The molecule has 16 heteroatoms. The van der Waals surface area contributed by atoms with E-state index >= 15 is 0 Å². The SMILES string of the molecule is Cn1cc(C(F)(F)F)cc(Nc2nc3ncc(Oc4cnn5ccnc(OC6CCC6O)c45)c(Cl)c3n2C)c1=O. The average molecular weight is 577 g/mol. The van der Waals surface area contributed by atoms with Gasteiger partial charge >= 0.3 is 6.18 Å². The standard InChI is InChI=1S/C24H20ClF3N8O4/c1-34-10-11(24(26,27)28)7-12(22(34)38)32-23-33-20-19(35(23)2)17(25)15(8-30-20)39-16-9-31-36-6-5-29-21(18(16)36)40-14-4-3-13(14)37/h5-10,13-14,37H,3-4H2,1-2H3,(H,30,32,33). The first kappa shape index (κ1) is 25.9. The van der Waals surface area contributed by atoms with Gasteiger partial charge < -0.3 is 29.0 Å². The van der Waals surface area contributed by atoms with Crippen molar-refractivity contribution < 1.29 is 27.8 Å². The van der Waals surface area contributed by atoms with Crippen molar-refractivity contribution in [1.29, 1.82) is 0 Å². The van der Waals surface area contributed by atoms with Crippen LogP contribution in [0.2, 0.25) is 5.02 Å². The molecule has 40 heavy (non-hydrogen) atoms. The monoisotopic (exact) mass is 576 g/mol. The van der Waals surface area contributed by atoms with E-state index in [1.807, 2.05) is 0 Å². The first-order valence-electron chi connectivity index (χ1n) is 11.9. The summed E-state index contributed by atoms with van der Waals surface area (Å²) >= 11 is 6.67. The molecular weight excluding hydrogens is 557 g/mol. The van der Waals surface area contributed by atoms with Gasteiger partial charge in [0.15, 0.2) is 22.7 Å². The molecule has 12 nitrogen and oxygen atoms in total. The van der Waals surface area contributed by atoms with Crippen LogP contribution in [0.4, 0.5) is 24.8 Å². The maximum absolute atomic E-state index is 13.3. The first-order valence-corrected chi connectivity index (χ1v) is 12.3. The van der Waals surface area contributed by atoms with Crippen molar-refractivity contribution in [2.75, 3.05) is 5.32 Å². The lowest BCUT2D eigenvalue weighted by Gasteiger charge is -2.32. The smallest absolute Gasteiger partial charge is 0.417 e. The highest BCUT2D eigenvalue weighted by Crippen LogP contribution is 2.39. The number of nitrogens with zero attached hydrogens (tertiary/aromatic N) is 7. The predicted octanol–water partition coefficient (Wildman–Crippen LogP) is 3.82. The molecule has 0 bridgehead atoms. The Balaban J connectivity index is 1.35. The van der Waals surface area contributed by atoms with E-state index in [9.17, 15) is 23.1 Å². The van der Waals surface area contributed by atoms with Gasteiger partial charge in [-0.1, -0.05) is 11.6 Å². The quantitative estimate of drug-likeness (QED) is 0.309. The second-order valence-electron chi connectivity index (χ2n) is 9.22. The Morgan fingerprint density at radius 2 is 1.95 bits per heavy atom. The molecule has 0 aromatic carbocycles. The van der Waals surface area contributed by atoms with Gasteiger partial charge in [-0.05, 0) is 18.9 Å². The third kappa shape index (κ3) is 4.36. The molecule has 0 spiro atoms.